The molecule has 0 saturated heterocycles. The molecule has 0 aliphatic rings. The molecule has 0 aromatic rings. The summed E-state index contributed by atoms with van der Waals surface area (Å²) in [6, 6.07) is 0. The van der Waals surface area contributed by atoms with Gasteiger partial charge in [-0.1, -0.05) is 26.7 Å². The van der Waals surface area contributed by atoms with Crippen LogP contribution in [0.15, 0.2) is 0 Å². The molecule has 13 heavy (non-hydrogen) atoms. The molecule has 0 heterocycles. The molecule has 0 aromatic carbocycles. The number of hydrogen-bond acceptors (Lipinski definition) is 2. The summed E-state index contributed by atoms with van der Waals surface area (Å²) in [5.41, 5.74) is 0. The predicted octanol–water partition coefficient (Wildman–Crippen LogP) is 2.43. The van der Waals surface area contributed by atoms with E-state index in [4.69, 9.17) is 5.11 Å². The summed E-state index contributed by atoms with van der Waals surface area (Å²) in [5.74, 6) is 0. The van der Waals surface area contributed by atoms with Gasteiger partial charge in [0.05, 0.1) is 0 Å². The largest absolute Gasteiger partial charge is 0.396 e. The second-order valence-corrected chi connectivity index (χ2v) is 3.44. The first-order valence-corrected chi connectivity index (χ1v) is 5.53. The van der Waals surface area contributed by atoms with E-state index in [2.05, 4.69) is 25.3 Å². The normalized spacial score (nSPS) is 11.1. The number of aliphatic hydroxyl groups excluding tert-OH is 1. The van der Waals surface area contributed by atoms with Gasteiger partial charge in [0.25, 0.3) is 0 Å². The van der Waals surface area contributed by atoms with Crippen LogP contribution in [-0.4, -0.2) is 29.7 Å². The van der Waals surface area contributed by atoms with Gasteiger partial charge in [-0.2, -0.15) is 0 Å². The molecule has 0 aromatic heterocycles. The molecule has 0 atom stereocenters. The molecule has 0 saturated carbocycles. The Labute approximate surface area is 82.9 Å². The van der Waals surface area contributed by atoms with Crippen LogP contribution in [0.4, 0.5) is 0 Å². The van der Waals surface area contributed by atoms with Crippen LogP contribution < -0.4 is 0 Å². The van der Waals surface area contributed by atoms with Crippen molar-refractivity contribution in [1.29, 1.82) is 0 Å². The minimum Gasteiger partial charge on any atom is -0.396 e. The van der Waals surface area contributed by atoms with Gasteiger partial charge in [-0.3, -0.25) is 4.90 Å². The van der Waals surface area contributed by atoms with Gasteiger partial charge < -0.3 is 5.11 Å². The summed E-state index contributed by atoms with van der Waals surface area (Å²) >= 11 is 0. The molecule has 0 fully saturated rings. The fourth-order valence-electron chi connectivity index (χ4n) is 1.26. The van der Waals surface area contributed by atoms with E-state index in [1.165, 1.54) is 25.7 Å². The first-order valence-electron chi connectivity index (χ1n) is 5.53. The van der Waals surface area contributed by atoms with Crippen molar-refractivity contribution in [3.05, 3.63) is 6.54 Å². The van der Waals surface area contributed by atoms with Crippen molar-refractivity contribution in [2.45, 2.75) is 46.0 Å². The lowest BCUT2D eigenvalue weighted by Gasteiger charge is -2.20. The Morgan fingerprint density at radius 1 is 1.08 bits per heavy atom. The SMILES string of the molecule is CCCCN([CH]CCO)CCCC. The summed E-state index contributed by atoms with van der Waals surface area (Å²) in [6.07, 6.45) is 5.80. The monoisotopic (exact) mass is 186 g/mol. The second-order valence-electron chi connectivity index (χ2n) is 3.44. The summed E-state index contributed by atoms with van der Waals surface area (Å²) < 4.78 is 0. The predicted molar refractivity (Wildman–Crippen MR) is 57.4 cm³/mol. The zero-order valence-electron chi connectivity index (χ0n) is 9.13. The van der Waals surface area contributed by atoms with Crippen molar-refractivity contribution in [3.8, 4) is 0 Å². The van der Waals surface area contributed by atoms with Gasteiger partial charge >= 0.3 is 0 Å². The maximum atomic E-state index is 8.71. The van der Waals surface area contributed by atoms with E-state index in [0.29, 0.717) is 0 Å². The van der Waals surface area contributed by atoms with E-state index in [1.54, 1.807) is 0 Å². The standard InChI is InChI=1S/C11H24NO/c1-3-5-8-12(9-6-4-2)10-7-11-13/h10,13H,3-9,11H2,1-2H3. The average Bonchev–Trinajstić information content (AvgIpc) is 2.17. The molecule has 1 radical (unpaired) electrons. The summed E-state index contributed by atoms with van der Waals surface area (Å²) in [7, 11) is 0. The Balaban J connectivity index is 3.47. The van der Waals surface area contributed by atoms with E-state index < -0.39 is 0 Å². The Morgan fingerprint density at radius 3 is 2.00 bits per heavy atom. The molecular weight excluding hydrogens is 162 g/mol. The molecule has 0 amide bonds. The van der Waals surface area contributed by atoms with Crippen LogP contribution in [0.2, 0.25) is 0 Å². The van der Waals surface area contributed by atoms with Crippen molar-refractivity contribution < 1.29 is 5.11 Å². The van der Waals surface area contributed by atoms with Gasteiger partial charge in [0, 0.05) is 13.2 Å². The Kier molecular flexibility index (Phi) is 9.94. The molecule has 1 N–H and O–H groups in total. The average molecular weight is 186 g/mol. The van der Waals surface area contributed by atoms with Crippen LogP contribution in [-0.2, 0) is 0 Å². The first kappa shape index (κ1) is 12.9. The maximum absolute atomic E-state index is 8.71. The van der Waals surface area contributed by atoms with Crippen molar-refractivity contribution in [2.75, 3.05) is 19.7 Å². The van der Waals surface area contributed by atoms with Gasteiger partial charge in [0.15, 0.2) is 0 Å². The molecule has 2 heteroatoms. The van der Waals surface area contributed by atoms with Crippen molar-refractivity contribution >= 4 is 0 Å². The summed E-state index contributed by atoms with van der Waals surface area (Å²) in [5, 5.41) is 8.71. The van der Waals surface area contributed by atoms with Crippen molar-refractivity contribution in [2.24, 2.45) is 0 Å². The second kappa shape index (κ2) is 10.0. The van der Waals surface area contributed by atoms with Gasteiger partial charge in [0.2, 0.25) is 0 Å². The molecule has 0 spiro atoms. The van der Waals surface area contributed by atoms with Crippen molar-refractivity contribution in [3.63, 3.8) is 0 Å². The zero-order chi connectivity index (χ0) is 9.94. The third-order valence-electron chi connectivity index (χ3n) is 2.11. The lowest BCUT2D eigenvalue weighted by atomic mass is 10.2. The number of nitrogens with zero attached hydrogens (tertiary/aromatic N) is 1. The first-order chi connectivity index (χ1) is 6.35. The Morgan fingerprint density at radius 2 is 1.62 bits per heavy atom. The number of rotatable bonds is 9. The number of unbranched alkanes of at least 4 members (excludes halogenated alkanes) is 2. The van der Waals surface area contributed by atoms with Crippen LogP contribution >= 0.6 is 0 Å². The minimum absolute atomic E-state index is 0.273. The summed E-state index contributed by atoms with van der Waals surface area (Å²) in [6.45, 7) is 9.14. The quantitative estimate of drug-likeness (QED) is 0.598. The van der Waals surface area contributed by atoms with E-state index in [-0.39, 0.29) is 6.61 Å². The molecule has 0 aliphatic heterocycles. The Bertz CT molecular complexity index is 77.1. The third-order valence-corrected chi connectivity index (χ3v) is 2.11. The van der Waals surface area contributed by atoms with Crippen LogP contribution in [0.25, 0.3) is 0 Å². The van der Waals surface area contributed by atoms with Gasteiger partial charge in [-0.25, -0.2) is 0 Å². The molecular formula is C11H24NO. The molecule has 0 unspecified atom stereocenters. The highest BCUT2D eigenvalue weighted by atomic mass is 16.3. The van der Waals surface area contributed by atoms with Crippen LogP contribution in [0.5, 0.6) is 0 Å². The smallest absolute Gasteiger partial charge is 0.0446 e. The lowest BCUT2D eigenvalue weighted by Crippen LogP contribution is -2.23. The fourth-order valence-corrected chi connectivity index (χ4v) is 1.26. The number of hydrogen-bond donors (Lipinski definition) is 1. The maximum Gasteiger partial charge on any atom is 0.0446 e. The molecule has 0 bridgehead atoms. The van der Waals surface area contributed by atoms with Crippen LogP contribution in [0.1, 0.15) is 46.0 Å². The topological polar surface area (TPSA) is 23.5 Å². The fraction of sp³-hybridized carbons (Fsp3) is 0.909. The van der Waals surface area contributed by atoms with Crippen LogP contribution in [0, 0.1) is 6.54 Å². The molecule has 79 valence electrons. The highest BCUT2D eigenvalue weighted by Crippen LogP contribution is 2.03. The lowest BCUT2D eigenvalue weighted by molar-refractivity contribution is 0.256. The Hall–Kier alpha value is -0.0800. The van der Waals surface area contributed by atoms with E-state index in [0.717, 1.165) is 19.5 Å². The highest BCUT2D eigenvalue weighted by molar-refractivity contribution is 4.68. The van der Waals surface area contributed by atoms with E-state index in [1.807, 2.05) is 0 Å². The van der Waals surface area contributed by atoms with Crippen LogP contribution in [0.3, 0.4) is 0 Å². The molecule has 0 rings (SSSR count). The number of aliphatic hydroxyl groups is 1. The van der Waals surface area contributed by atoms with Gasteiger partial charge in [-0.15, -0.1) is 0 Å². The minimum atomic E-state index is 0.273. The molecule has 2 nitrogen and oxygen atoms in total. The zero-order valence-corrected chi connectivity index (χ0v) is 9.13. The van der Waals surface area contributed by atoms with E-state index >= 15 is 0 Å². The van der Waals surface area contributed by atoms with Gasteiger partial charge in [-0.05, 0) is 32.4 Å². The summed E-state index contributed by atoms with van der Waals surface area (Å²) in [4.78, 5) is 2.35. The molecule has 0 aliphatic carbocycles. The van der Waals surface area contributed by atoms with Crippen molar-refractivity contribution in [1.82, 2.24) is 4.90 Å². The highest BCUT2D eigenvalue weighted by Gasteiger charge is 2.02. The third kappa shape index (κ3) is 8.26. The van der Waals surface area contributed by atoms with Gasteiger partial charge in [0.1, 0.15) is 0 Å². The van der Waals surface area contributed by atoms with E-state index in [9.17, 15) is 0 Å².